The third kappa shape index (κ3) is 3.85. The number of para-hydroxylation sites is 1. The lowest BCUT2D eigenvalue weighted by Gasteiger charge is -2.10. The predicted molar refractivity (Wildman–Crippen MR) is 115 cm³/mol. The van der Waals surface area contributed by atoms with Crippen LogP contribution in [0.25, 0.3) is 17.1 Å². The molecule has 0 bridgehead atoms. The molecule has 1 N–H and O–H groups in total. The summed E-state index contributed by atoms with van der Waals surface area (Å²) in [6, 6.07) is 19.8. The molecule has 150 valence electrons. The number of amides is 1. The largest absolute Gasteiger partial charge is 0.317 e. The first-order valence-electron chi connectivity index (χ1n) is 9.60. The molecule has 30 heavy (non-hydrogen) atoms. The van der Waals surface area contributed by atoms with Gasteiger partial charge in [-0.2, -0.15) is 0 Å². The third-order valence-electron chi connectivity index (χ3n) is 4.82. The summed E-state index contributed by atoms with van der Waals surface area (Å²) in [6.45, 7) is 6.01. The molecule has 1 aromatic heterocycles. The summed E-state index contributed by atoms with van der Waals surface area (Å²) < 4.78 is 15.6. The van der Waals surface area contributed by atoms with Gasteiger partial charge in [-0.1, -0.05) is 59.7 Å². The Labute approximate surface area is 174 Å². The maximum absolute atomic E-state index is 13.9. The van der Waals surface area contributed by atoms with E-state index < -0.39 is 11.7 Å². The molecule has 0 saturated heterocycles. The Morgan fingerprint density at radius 1 is 0.933 bits per heavy atom. The zero-order chi connectivity index (χ0) is 21.3. The Balaban J connectivity index is 1.80. The van der Waals surface area contributed by atoms with E-state index in [1.54, 1.807) is 16.8 Å². The summed E-state index contributed by atoms with van der Waals surface area (Å²) in [5.74, 6) is -0.579. The van der Waals surface area contributed by atoms with E-state index in [1.165, 1.54) is 12.1 Å². The van der Waals surface area contributed by atoms with Crippen molar-refractivity contribution in [3.63, 3.8) is 0 Å². The number of hydrogen-bond acceptors (Lipinski definition) is 3. The van der Waals surface area contributed by atoms with E-state index in [1.807, 2.05) is 57.2 Å². The first-order valence-corrected chi connectivity index (χ1v) is 9.60. The lowest BCUT2D eigenvalue weighted by atomic mass is 10.1. The van der Waals surface area contributed by atoms with Crippen molar-refractivity contribution >= 4 is 11.6 Å². The first kappa shape index (κ1) is 19.5. The molecule has 0 radical (unpaired) electrons. The maximum Gasteiger partial charge on any atom is 0.295 e. The van der Waals surface area contributed by atoms with Crippen LogP contribution in [-0.2, 0) is 0 Å². The van der Waals surface area contributed by atoms with Gasteiger partial charge in [-0.05, 0) is 44.5 Å². The average molecular weight is 400 g/mol. The molecule has 1 heterocycles. The second kappa shape index (κ2) is 7.91. The van der Waals surface area contributed by atoms with E-state index in [9.17, 15) is 9.18 Å². The highest BCUT2D eigenvalue weighted by Gasteiger charge is 2.20. The zero-order valence-electron chi connectivity index (χ0n) is 17.0. The number of hydrogen-bond donors (Lipinski definition) is 1. The molecule has 0 aliphatic heterocycles. The van der Waals surface area contributed by atoms with Gasteiger partial charge in [-0.3, -0.25) is 4.79 Å². The molecule has 0 fully saturated rings. The molecule has 3 aromatic carbocycles. The van der Waals surface area contributed by atoms with Gasteiger partial charge in [0, 0.05) is 5.56 Å². The van der Waals surface area contributed by atoms with E-state index in [-0.39, 0.29) is 11.5 Å². The molecule has 0 saturated carbocycles. The second-order valence-corrected chi connectivity index (χ2v) is 7.26. The summed E-state index contributed by atoms with van der Waals surface area (Å²) in [4.78, 5) is 17.3. The average Bonchev–Trinajstić information content (AvgIpc) is 3.15. The van der Waals surface area contributed by atoms with Crippen LogP contribution in [0.1, 0.15) is 27.3 Å². The number of nitrogens with zero attached hydrogens (tertiary/aromatic N) is 3. The van der Waals surface area contributed by atoms with Crippen molar-refractivity contribution in [1.29, 1.82) is 0 Å². The summed E-state index contributed by atoms with van der Waals surface area (Å²) in [6.07, 6.45) is 0. The van der Waals surface area contributed by atoms with E-state index >= 15 is 0 Å². The van der Waals surface area contributed by atoms with E-state index in [0.717, 1.165) is 27.9 Å². The molecule has 0 atom stereocenters. The second-order valence-electron chi connectivity index (χ2n) is 7.26. The van der Waals surface area contributed by atoms with Gasteiger partial charge in [-0.25, -0.2) is 14.1 Å². The molecular weight excluding hydrogens is 379 g/mol. The number of anilines is 1. The van der Waals surface area contributed by atoms with Crippen LogP contribution in [0, 0.1) is 26.6 Å². The minimum Gasteiger partial charge on any atom is -0.317 e. The van der Waals surface area contributed by atoms with Gasteiger partial charge >= 0.3 is 0 Å². The quantitative estimate of drug-likeness (QED) is 0.509. The Bertz CT molecular complexity index is 1230. The van der Waals surface area contributed by atoms with Crippen LogP contribution in [0.3, 0.4) is 0 Å². The lowest BCUT2D eigenvalue weighted by molar-refractivity contribution is 0.101. The van der Waals surface area contributed by atoms with Crippen LogP contribution in [-0.4, -0.2) is 20.7 Å². The predicted octanol–water partition coefficient (Wildman–Crippen LogP) is 5.25. The van der Waals surface area contributed by atoms with Crippen molar-refractivity contribution in [2.45, 2.75) is 20.8 Å². The molecule has 1 amide bonds. The van der Waals surface area contributed by atoms with Crippen LogP contribution in [0.15, 0.2) is 66.7 Å². The van der Waals surface area contributed by atoms with Crippen LogP contribution in [0.2, 0.25) is 0 Å². The molecule has 4 aromatic rings. The number of rotatable bonds is 4. The molecule has 0 aliphatic rings. The maximum atomic E-state index is 13.9. The van der Waals surface area contributed by atoms with Gasteiger partial charge in [-0.15, -0.1) is 5.10 Å². The van der Waals surface area contributed by atoms with Crippen LogP contribution in [0.5, 0.6) is 0 Å². The fraction of sp³-hybridized carbons (Fsp3) is 0.125. The Morgan fingerprint density at radius 3 is 2.33 bits per heavy atom. The number of carbonyl (C=O) groups excluding carboxylic acids is 1. The summed E-state index contributed by atoms with van der Waals surface area (Å²) in [5.41, 5.74) is 5.00. The monoisotopic (exact) mass is 400 g/mol. The smallest absolute Gasteiger partial charge is 0.295 e. The number of nitrogens with one attached hydrogen (secondary N) is 1. The molecular formula is C24H21FN4O. The van der Waals surface area contributed by atoms with Crippen molar-refractivity contribution in [2.75, 3.05) is 5.32 Å². The van der Waals surface area contributed by atoms with Gasteiger partial charge in [0.15, 0.2) is 5.82 Å². The number of carbonyl (C=O) groups is 1. The van der Waals surface area contributed by atoms with Gasteiger partial charge in [0.1, 0.15) is 5.82 Å². The number of aryl methyl sites for hydroxylation is 3. The number of halogens is 1. The molecule has 0 aliphatic carbocycles. The zero-order valence-corrected chi connectivity index (χ0v) is 17.0. The van der Waals surface area contributed by atoms with E-state index in [2.05, 4.69) is 21.5 Å². The fourth-order valence-electron chi connectivity index (χ4n) is 3.25. The van der Waals surface area contributed by atoms with Crippen LogP contribution >= 0.6 is 0 Å². The van der Waals surface area contributed by atoms with Gasteiger partial charge in [0.05, 0.1) is 11.4 Å². The van der Waals surface area contributed by atoms with Crippen molar-refractivity contribution in [1.82, 2.24) is 14.8 Å². The minimum absolute atomic E-state index is 0.0335. The van der Waals surface area contributed by atoms with E-state index in [0.29, 0.717) is 5.82 Å². The molecule has 0 spiro atoms. The number of aromatic nitrogens is 3. The Hall–Kier alpha value is -3.80. The standard InChI is InChI=1S/C24H21FN4O/c1-15-8-11-18(12-9-15)23-27-22(24(30)26-20-7-5-4-6-19(20)25)28-29(23)21-13-10-16(2)14-17(21)3/h4-14H,1-3H3,(H,26,30). The summed E-state index contributed by atoms with van der Waals surface area (Å²) in [7, 11) is 0. The van der Waals surface area contributed by atoms with Gasteiger partial charge < -0.3 is 5.32 Å². The topological polar surface area (TPSA) is 59.8 Å². The Kier molecular flexibility index (Phi) is 5.14. The van der Waals surface area contributed by atoms with Crippen molar-refractivity contribution in [3.8, 4) is 17.1 Å². The highest BCUT2D eigenvalue weighted by atomic mass is 19.1. The Morgan fingerprint density at radius 2 is 1.63 bits per heavy atom. The normalized spacial score (nSPS) is 10.8. The molecule has 4 rings (SSSR count). The summed E-state index contributed by atoms with van der Waals surface area (Å²) in [5, 5.41) is 7.02. The highest BCUT2D eigenvalue weighted by molar-refractivity contribution is 6.01. The highest BCUT2D eigenvalue weighted by Crippen LogP contribution is 2.25. The third-order valence-corrected chi connectivity index (χ3v) is 4.82. The van der Waals surface area contributed by atoms with Crippen molar-refractivity contribution < 1.29 is 9.18 Å². The van der Waals surface area contributed by atoms with Crippen LogP contribution in [0.4, 0.5) is 10.1 Å². The fourth-order valence-corrected chi connectivity index (χ4v) is 3.25. The minimum atomic E-state index is -0.572. The van der Waals surface area contributed by atoms with Gasteiger partial charge in [0.2, 0.25) is 5.82 Å². The SMILES string of the molecule is Cc1ccc(-c2nc(C(=O)Nc3ccccc3F)nn2-c2ccc(C)cc2C)cc1. The summed E-state index contributed by atoms with van der Waals surface area (Å²) >= 11 is 0. The first-order chi connectivity index (χ1) is 14.4. The molecule has 5 nitrogen and oxygen atoms in total. The molecule has 6 heteroatoms. The van der Waals surface area contributed by atoms with Crippen molar-refractivity contribution in [2.24, 2.45) is 0 Å². The van der Waals surface area contributed by atoms with Gasteiger partial charge in [0.25, 0.3) is 5.91 Å². The van der Waals surface area contributed by atoms with Crippen LogP contribution < -0.4 is 5.32 Å². The lowest BCUT2D eigenvalue weighted by Crippen LogP contribution is -2.15. The van der Waals surface area contributed by atoms with Crippen molar-refractivity contribution in [3.05, 3.63) is 95.1 Å². The molecule has 0 unspecified atom stereocenters. The number of benzene rings is 3. The van der Waals surface area contributed by atoms with E-state index in [4.69, 9.17) is 0 Å².